The lowest BCUT2D eigenvalue weighted by molar-refractivity contribution is 0.0827. The van der Waals surface area contributed by atoms with Crippen LogP contribution < -0.4 is 10.6 Å². The molecule has 0 heterocycles. The molecule has 164 valence electrons. The Morgan fingerprint density at radius 2 is 1.80 bits per heavy atom. The molecule has 5 nitrogen and oxygen atoms in total. The monoisotopic (exact) mass is 522 g/mol. The van der Waals surface area contributed by atoms with Crippen molar-refractivity contribution in [2.24, 2.45) is 4.99 Å². The van der Waals surface area contributed by atoms with Crippen molar-refractivity contribution in [2.75, 3.05) is 33.7 Å². The number of benzene rings is 2. The molecule has 2 N–H and O–H groups in total. The van der Waals surface area contributed by atoms with Crippen LogP contribution in [0.5, 0.6) is 0 Å². The minimum atomic E-state index is 0. The van der Waals surface area contributed by atoms with Crippen LogP contribution in [0.4, 0.5) is 0 Å². The van der Waals surface area contributed by atoms with E-state index in [4.69, 9.17) is 4.99 Å². The maximum atomic E-state index is 12.1. The minimum Gasteiger partial charge on any atom is -0.357 e. The van der Waals surface area contributed by atoms with Gasteiger partial charge in [-0.2, -0.15) is 0 Å². The molecule has 0 aliphatic rings. The molecule has 2 aromatic rings. The molecule has 30 heavy (non-hydrogen) atoms. The van der Waals surface area contributed by atoms with E-state index in [1.54, 1.807) is 19.0 Å². The summed E-state index contributed by atoms with van der Waals surface area (Å²) in [6.07, 6.45) is 1.84. The van der Waals surface area contributed by atoms with Gasteiger partial charge in [-0.1, -0.05) is 49.4 Å². The smallest absolute Gasteiger partial charge is 0.253 e. The van der Waals surface area contributed by atoms with Crippen LogP contribution in [0.3, 0.4) is 0 Å². The van der Waals surface area contributed by atoms with Gasteiger partial charge in [0.25, 0.3) is 5.91 Å². The van der Waals surface area contributed by atoms with Gasteiger partial charge in [0.15, 0.2) is 5.96 Å². The average molecular weight is 522 g/mol. The molecule has 1 unspecified atom stereocenters. The number of amides is 1. The van der Waals surface area contributed by atoms with Gasteiger partial charge >= 0.3 is 0 Å². The van der Waals surface area contributed by atoms with Crippen LogP contribution in [0, 0.1) is 0 Å². The number of nitrogens with zero attached hydrogens (tertiary/aromatic N) is 2. The normalized spacial score (nSPS) is 11.9. The largest absolute Gasteiger partial charge is 0.357 e. The highest BCUT2D eigenvalue weighted by molar-refractivity contribution is 14.0. The molecule has 0 aliphatic carbocycles. The molecule has 0 saturated heterocycles. The molecule has 1 amide bonds. The van der Waals surface area contributed by atoms with Gasteiger partial charge < -0.3 is 15.5 Å². The summed E-state index contributed by atoms with van der Waals surface area (Å²) in [7, 11) is 3.54. The summed E-state index contributed by atoms with van der Waals surface area (Å²) in [5.74, 6) is 1.36. The molecule has 0 saturated carbocycles. The first kappa shape index (κ1) is 25.9. The van der Waals surface area contributed by atoms with E-state index in [9.17, 15) is 4.79 Å². The first-order valence-corrected chi connectivity index (χ1v) is 10.4. The Balaban J connectivity index is 0.00000450. The summed E-state index contributed by atoms with van der Waals surface area (Å²) in [4.78, 5) is 18.4. The second kappa shape index (κ2) is 14.0. The van der Waals surface area contributed by atoms with E-state index in [-0.39, 0.29) is 29.9 Å². The molecule has 0 spiro atoms. The lowest BCUT2D eigenvalue weighted by atomic mass is 9.98. The topological polar surface area (TPSA) is 56.7 Å². The molecule has 2 rings (SSSR count). The zero-order valence-electron chi connectivity index (χ0n) is 18.5. The van der Waals surface area contributed by atoms with Gasteiger partial charge in [0.2, 0.25) is 0 Å². The summed E-state index contributed by atoms with van der Waals surface area (Å²) < 4.78 is 0. The van der Waals surface area contributed by atoms with Gasteiger partial charge in [-0.15, -0.1) is 24.0 Å². The molecule has 0 aromatic heterocycles. The van der Waals surface area contributed by atoms with E-state index in [1.807, 2.05) is 24.3 Å². The lowest BCUT2D eigenvalue weighted by Gasteiger charge is -2.14. The van der Waals surface area contributed by atoms with Gasteiger partial charge in [-0.3, -0.25) is 9.79 Å². The van der Waals surface area contributed by atoms with Crippen molar-refractivity contribution in [3.63, 3.8) is 0 Å². The summed E-state index contributed by atoms with van der Waals surface area (Å²) >= 11 is 0. The number of nitrogens with one attached hydrogen (secondary N) is 2. The quantitative estimate of drug-likeness (QED) is 0.294. The predicted octanol–water partition coefficient (Wildman–Crippen LogP) is 4.30. The highest BCUT2D eigenvalue weighted by Gasteiger charge is 2.08. The fourth-order valence-corrected chi connectivity index (χ4v) is 3.10. The summed E-state index contributed by atoms with van der Waals surface area (Å²) in [5.41, 5.74) is 3.22. The van der Waals surface area contributed by atoms with Crippen LogP contribution in [-0.2, 0) is 6.42 Å². The Hall–Kier alpha value is -2.09. The van der Waals surface area contributed by atoms with Crippen molar-refractivity contribution >= 4 is 35.8 Å². The van der Waals surface area contributed by atoms with Crippen molar-refractivity contribution in [2.45, 2.75) is 32.6 Å². The van der Waals surface area contributed by atoms with Gasteiger partial charge in [-0.25, -0.2) is 0 Å². The number of guanidine groups is 1. The summed E-state index contributed by atoms with van der Waals surface area (Å²) in [5, 5.41) is 6.70. The molecule has 6 heteroatoms. The van der Waals surface area contributed by atoms with E-state index >= 15 is 0 Å². The number of carbonyl (C=O) groups is 1. The Morgan fingerprint density at radius 3 is 2.47 bits per heavy atom. The van der Waals surface area contributed by atoms with Crippen LogP contribution in [0.2, 0.25) is 0 Å². The number of aliphatic imine (C=N–C) groups is 1. The summed E-state index contributed by atoms with van der Waals surface area (Å²) in [6.45, 7) is 6.68. The maximum absolute atomic E-state index is 12.1. The van der Waals surface area contributed by atoms with Crippen LogP contribution >= 0.6 is 24.0 Å². The van der Waals surface area contributed by atoms with Crippen molar-refractivity contribution in [3.8, 4) is 0 Å². The van der Waals surface area contributed by atoms with Gasteiger partial charge in [-0.05, 0) is 48.9 Å². The molecule has 0 aliphatic heterocycles. The number of rotatable bonds is 9. The number of halogens is 1. The molecule has 0 radical (unpaired) electrons. The average Bonchev–Trinajstić information content (AvgIpc) is 2.74. The fraction of sp³-hybridized carbons (Fsp3) is 0.417. The molecule has 2 aromatic carbocycles. The van der Waals surface area contributed by atoms with Crippen LogP contribution in [-0.4, -0.2) is 50.5 Å². The highest BCUT2D eigenvalue weighted by atomic mass is 127. The number of carbonyl (C=O) groups excluding carboxylic acids is 1. The van der Waals surface area contributed by atoms with Crippen molar-refractivity contribution in [3.05, 3.63) is 71.3 Å². The number of hydrogen-bond donors (Lipinski definition) is 2. The van der Waals surface area contributed by atoms with Gasteiger partial charge in [0, 0.05) is 39.3 Å². The SMILES string of the molecule is CCNC(=NCCC(C)c1ccccc1)NCCc1cccc(C(=O)N(C)C)c1.I. The van der Waals surface area contributed by atoms with E-state index in [0.29, 0.717) is 5.92 Å². The zero-order chi connectivity index (χ0) is 21.1. The van der Waals surface area contributed by atoms with E-state index in [2.05, 4.69) is 54.8 Å². The van der Waals surface area contributed by atoms with Gasteiger partial charge in [0.1, 0.15) is 0 Å². The maximum Gasteiger partial charge on any atom is 0.253 e. The van der Waals surface area contributed by atoms with E-state index in [1.165, 1.54) is 5.56 Å². The first-order valence-electron chi connectivity index (χ1n) is 10.4. The zero-order valence-corrected chi connectivity index (χ0v) is 20.9. The first-order chi connectivity index (χ1) is 14.0. The lowest BCUT2D eigenvalue weighted by Crippen LogP contribution is -2.38. The van der Waals surface area contributed by atoms with Crippen molar-refractivity contribution < 1.29 is 4.79 Å². The van der Waals surface area contributed by atoms with E-state index < -0.39 is 0 Å². The van der Waals surface area contributed by atoms with Crippen molar-refractivity contribution in [1.29, 1.82) is 0 Å². The van der Waals surface area contributed by atoms with Crippen molar-refractivity contribution in [1.82, 2.24) is 15.5 Å². The predicted molar refractivity (Wildman–Crippen MR) is 137 cm³/mol. The third-order valence-electron chi connectivity index (χ3n) is 4.83. The summed E-state index contributed by atoms with van der Waals surface area (Å²) in [6, 6.07) is 18.4. The van der Waals surface area contributed by atoms with Gasteiger partial charge in [0.05, 0.1) is 0 Å². The van der Waals surface area contributed by atoms with Crippen LogP contribution in [0.15, 0.2) is 59.6 Å². The Morgan fingerprint density at radius 1 is 1.07 bits per heavy atom. The van der Waals surface area contributed by atoms with Crippen LogP contribution in [0.25, 0.3) is 0 Å². The third kappa shape index (κ3) is 8.73. The Labute approximate surface area is 198 Å². The second-order valence-corrected chi connectivity index (χ2v) is 7.44. The second-order valence-electron chi connectivity index (χ2n) is 7.44. The Kier molecular flexibility index (Phi) is 12.1. The fourth-order valence-electron chi connectivity index (χ4n) is 3.10. The standard InChI is InChI=1S/C24H34N4O.HI/c1-5-25-24(26-16-14-19(2)21-11-7-6-8-12-21)27-17-15-20-10-9-13-22(18-20)23(29)28(3)4;/h6-13,18-19H,5,14-17H2,1-4H3,(H2,25,26,27);1H. The molecular weight excluding hydrogens is 487 g/mol. The minimum absolute atomic E-state index is 0. The molecule has 0 bridgehead atoms. The van der Waals surface area contributed by atoms with E-state index in [0.717, 1.165) is 49.6 Å². The van der Waals surface area contributed by atoms with Crippen LogP contribution in [0.1, 0.15) is 47.7 Å². The molecule has 1 atom stereocenters. The molecular formula is C24H35IN4O. The Bertz CT molecular complexity index is 793. The highest BCUT2D eigenvalue weighted by Crippen LogP contribution is 2.18. The third-order valence-corrected chi connectivity index (χ3v) is 4.83. The molecule has 0 fully saturated rings. The number of hydrogen-bond acceptors (Lipinski definition) is 2.